The van der Waals surface area contributed by atoms with Crippen LogP contribution in [0, 0.1) is 0 Å². The van der Waals surface area contributed by atoms with E-state index in [4.69, 9.17) is 4.74 Å². The highest BCUT2D eigenvalue weighted by Crippen LogP contribution is 2.10. The second-order valence-electron chi connectivity index (χ2n) is 5.51. The van der Waals surface area contributed by atoms with Gasteiger partial charge in [-0.1, -0.05) is 30.3 Å². The third-order valence-corrected chi connectivity index (χ3v) is 3.42. The minimum atomic E-state index is -0.395. The molecule has 1 aromatic carbocycles. The summed E-state index contributed by atoms with van der Waals surface area (Å²) >= 11 is 0. The highest BCUT2D eigenvalue weighted by Gasteiger charge is 2.31. The maximum atomic E-state index is 12.3. The standard InChI is InChI=1S/C16H22N2O3/c1-12(2)17-16(20)14-11-21-9-8-18(14)10-15(19)13-6-4-3-5-7-13/h3-7,12,14H,8-11H2,1-2H3,(H,17,20). The molecule has 0 aliphatic carbocycles. The third-order valence-electron chi connectivity index (χ3n) is 3.42. The van der Waals surface area contributed by atoms with Gasteiger partial charge in [0.2, 0.25) is 5.91 Å². The molecular formula is C16H22N2O3. The molecule has 1 saturated heterocycles. The minimum Gasteiger partial charge on any atom is -0.378 e. The van der Waals surface area contributed by atoms with Gasteiger partial charge in [0.1, 0.15) is 6.04 Å². The van der Waals surface area contributed by atoms with Crippen LogP contribution in [0.2, 0.25) is 0 Å². The summed E-state index contributed by atoms with van der Waals surface area (Å²) in [6, 6.07) is 8.84. The van der Waals surface area contributed by atoms with Gasteiger partial charge in [0.05, 0.1) is 19.8 Å². The number of hydrogen-bond donors (Lipinski definition) is 1. The second-order valence-corrected chi connectivity index (χ2v) is 5.51. The predicted molar refractivity (Wildman–Crippen MR) is 80.2 cm³/mol. The lowest BCUT2D eigenvalue weighted by molar-refractivity contribution is -0.132. The Balaban J connectivity index is 2.02. The van der Waals surface area contributed by atoms with Gasteiger partial charge in [-0.3, -0.25) is 14.5 Å². The third kappa shape index (κ3) is 4.37. The fraction of sp³-hybridized carbons (Fsp3) is 0.500. The zero-order valence-corrected chi connectivity index (χ0v) is 12.5. The predicted octanol–water partition coefficient (Wildman–Crippen LogP) is 1.09. The van der Waals surface area contributed by atoms with E-state index in [2.05, 4.69) is 5.32 Å². The number of hydrogen-bond acceptors (Lipinski definition) is 4. The van der Waals surface area contributed by atoms with Crippen molar-refractivity contribution in [1.29, 1.82) is 0 Å². The fourth-order valence-corrected chi connectivity index (χ4v) is 2.35. The molecule has 114 valence electrons. The smallest absolute Gasteiger partial charge is 0.239 e. The van der Waals surface area contributed by atoms with Crippen molar-refractivity contribution < 1.29 is 14.3 Å². The Hall–Kier alpha value is -1.72. The van der Waals surface area contributed by atoms with Crippen molar-refractivity contribution in [3.63, 3.8) is 0 Å². The number of nitrogens with one attached hydrogen (secondary N) is 1. The van der Waals surface area contributed by atoms with E-state index in [1.165, 1.54) is 0 Å². The van der Waals surface area contributed by atoms with Gasteiger partial charge in [0.25, 0.3) is 0 Å². The Morgan fingerprint density at radius 2 is 2.05 bits per heavy atom. The number of carbonyl (C=O) groups excluding carboxylic acids is 2. The number of nitrogens with zero attached hydrogens (tertiary/aromatic N) is 1. The summed E-state index contributed by atoms with van der Waals surface area (Å²) in [6.07, 6.45) is 0. The number of Topliss-reactive ketones (excluding diaryl/α,β-unsaturated/α-hetero) is 1. The van der Waals surface area contributed by atoms with Gasteiger partial charge in [0.15, 0.2) is 5.78 Å². The van der Waals surface area contributed by atoms with Gasteiger partial charge in [-0.25, -0.2) is 0 Å². The molecule has 0 bridgehead atoms. The van der Waals surface area contributed by atoms with Crippen LogP contribution in [0.1, 0.15) is 24.2 Å². The van der Waals surface area contributed by atoms with Crippen LogP contribution < -0.4 is 5.32 Å². The topological polar surface area (TPSA) is 58.6 Å². The second kappa shape index (κ2) is 7.33. The van der Waals surface area contributed by atoms with Gasteiger partial charge in [0, 0.05) is 18.2 Å². The van der Waals surface area contributed by atoms with Crippen LogP contribution in [0.25, 0.3) is 0 Å². The molecule has 1 N–H and O–H groups in total. The number of ether oxygens (including phenoxy) is 1. The number of rotatable bonds is 5. The van der Waals surface area contributed by atoms with Crippen molar-refractivity contribution in [2.24, 2.45) is 0 Å². The van der Waals surface area contributed by atoms with Crippen LogP contribution in [0.4, 0.5) is 0 Å². The summed E-state index contributed by atoms with van der Waals surface area (Å²) in [7, 11) is 0. The number of morpholine rings is 1. The molecule has 1 aliphatic heterocycles. The molecule has 5 heteroatoms. The monoisotopic (exact) mass is 290 g/mol. The molecule has 0 saturated carbocycles. The molecule has 2 rings (SSSR count). The summed E-state index contributed by atoms with van der Waals surface area (Å²) in [5.74, 6) is -0.0505. The maximum absolute atomic E-state index is 12.3. The number of benzene rings is 1. The molecule has 21 heavy (non-hydrogen) atoms. The Morgan fingerprint density at radius 1 is 1.33 bits per heavy atom. The zero-order chi connectivity index (χ0) is 15.2. The summed E-state index contributed by atoms with van der Waals surface area (Å²) in [6.45, 7) is 5.55. The van der Waals surface area contributed by atoms with Crippen LogP contribution in [-0.2, 0) is 9.53 Å². The van der Waals surface area contributed by atoms with Gasteiger partial charge >= 0.3 is 0 Å². The molecule has 1 fully saturated rings. The van der Waals surface area contributed by atoms with E-state index < -0.39 is 6.04 Å². The highest BCUT2D eigenvalue weighted by atomic mass is 16.5. The van der Waals surface area contributed by atoms with Crippen LogP contribution in [-0.4, -0.2) is 55.0 Å². The zero-order valence-electron chi connectivity index (χ0n) is 12.5. The Labute approximate surface area is 125 Å². The van der Waals surface area contributed by atoms with Crippen molar-refractivity contribution >= 4 is 11.7 Å². The first-order valence-electron chi connectivity index (χ1n) is 7.28. The molecule has 1 heterocycles. The SMILES string of the molecule is CC(C)NC(=O)C1COCCN1CC(=O)c1ccccc1. The number of ketones is 1. The Kier molecular flexibility index (Phi) is 5.47. The largest absolute Gasteiger partial charge is 0.378 e. The summed E-state index contributed by atoms with van der Waals surface area (Å²) in [5.41, 5.74) is 0.673. The summed E-state index contributed by atoms with van der Waals surface area (Å²) in [4.78, 5) is 26.4. The van der Waals surface area contributed by atoms with Crippen LogP contribution in [0.3, 0.4) is 0 Å². The lowest BCUT2D eigenvalue weighted by Gasteiger charge is -2.34. The number of amides is 1. The fourth-order valence-electron chi connectivity index (χ4n) is 2.35. The molecule has 5 nitrogen and oxygen atoms in total. The van der Waals surface area contributed by atoms with E-state index in [-0.39, 0.29) is 24.3 Å². The lowest BCUT2D eigenvalue weighted by atomic mass is 10.1. The van der Waals surface area contributed by atoms with Crippen molar-refractivity contribution in [3.8, 4) is 0 Å². The normalized spacial score (nSPS) is 19.5. The van der Waals surface area contributed by atoms with Crippen LogP contribution in [0.15, 0.2) is 30.3 Å². The highest BCUT2D eigenvalue weighted by molar-refractivity contribution is 5.98. The first-order valence-corrected chi connectivity index (χ1v) is 7.28. The molecule has 1 amide bonds. The summed E-state index contributed by atoms with van der Waals surface area (Å²) in [5, 5.41) is 2.88. The Morgan fingerprint density at radius 3 is 2.71 bits per heavy atom. The van der Waals surface area contributed by atoms with Crippen molar-refractivity contribution in [3.05, 3.63) is 35.9 Å². The lowest BCUT2D eigenvalue weighted by Crippen LogP contribution is -2.56. The van der Waals surface area contributed by atoms with Crippen molar-refractivity contribution in [1.82, 2.24) is 10.2 Å². The van der Waals surface area contributed by atoms with Crippen LogP contribution in [0.5, 0.6) is 0 Å². The maximum Gasteiger partial charge on any atom is 0.239 e. The molecular weight excluding hydrogens is 268 g/mol. The molecule has 1 atom stereocenters. The van der Waals surface area contributed by atoms with Gasteiger partial charge in [-0.15, -0.1) is 0 Å². The quantitative estimate of drug-likeness (QED) is 0.825. The number of carbonyl (C=O) groups is 2. The van der Waals surface area contributed by atoms with E-state index in [0.29, 0.717) is 25.3 Å². The van der Waals surface area contributed by atoms with Gasteiger partial charge in [-0.05, 0) is 13.8 Å². The summed E-state index contributed by atoms with van der Waals surface area (Å²) < 4.78 is 5.39. The first kappa shape index (κ1) is 15.7. The van der Waals surface area contributed by atoms with Crippen molar-refractivity contribution in [2.75, 3.05) is 26.3 Å². The van der Waals surface area contributed by atoms with E-state index >= 15 is 0 Å². The van der Waals surface area contributed by atoms with E-state index in [1.807, 2.05) is 36.9 Å². The van der Waals surface area contributed by atoms with E-state index in [1.54, 1.807) is 12.1 Å². The van der Waals surface area contributed by atoms with Gasteiger partial charge in [-0.2, -0.15) is 0 Å². The minimum absolute atomic E-state index is 0.0276. The molecule has 1 unspecified atom stereocenters. The van der Waals surface area contributed by atoms with Crippen molar-refractivity contribution in [2.45, 2.75) is 25.9 Å². The Bertz CT molecular complexity index is 488. The molecule has 1 aliphatic rings. The van der Waals surface area contributed by atoms with E-state index in [9.17, 15) is 9.59 Å². The first-order chi connectivity index (χ1) is 10.1. The molecule has 0 aromatic heterocycles. The van der Waals surface area contributed by atoms with E-state index in [0.717, 1.165) is 0 Å². The average molecular weight is 290 g/mol. The van der Waals surface area contributed by atoms with Crippen LogP contribution >= 0.6 is 0 Å². The molecule has 0 spiro atoms. The van der Waals surface area contributed by atoms with Gasteiger partial charge < -0.3 is 10.1 Å². The molecule has 1 aromatic rings. The molecule has 0 radical (unpaired) electrons. The average Bonchev–Trinajstić information content (AvgIpc) is 2.48.